The van der Waals surface area contributed by atoms with E-state index in [1.807, 2.05) is 0 Å². The van der Waals surface area contributed by atoms with Crippen molar-refractivity contribution in [2.45, 2.75) is 9.79 Å². The van der Waals surface area contributed by atoms with Crippen LogP contribution >= 0.6 is 0 Å². The third-order valence-corrected chi connectivity index (χ3v) is 13.3. The van der Waals surface area contributed by atoms with Crippen molar-refractivity contribution in [3.8, 4) is 11.5 Å². The number of carbonyl (C=O) groups excluding carboxylic acids is 2. The molecule has 0 aromatic heterocycles. The molecule has 0 saturated carbocycles. The number of carbonyl (C=O) groups is 2. The number of fused-ring (bicyclic) bond motifs is 4. The van der Waals surface area contributed by atoms with Crippen LogP contribution in [-0.2, 0) is 66.0 Å². The number of sulfone groups is 2. The van der Waals surface area contributed by atoms with Gasteiger partial charge in [-0.1, -0.05) is 48.5 Å². The molecular weight excluding hydrogens is 927 g/mol. The summed E-state index contributed by atoms with van der Waals surface area (Å²) in [5.74, 6) is -3.33. The Morgan fingerprint density at radius 3 is 1.25 bits per heavy atom. The third-order valence-electron chi connectivity index (χ3n) is 8.61. The molecule has 309 valence electrons. The molecule has 8 rings (SSSR count). The van der Waals surface area contributed by atoms with Crippen molar-refractivity contribution in [1.82, 2.24) is 0 Å². The fraction of sp³-hybridized carbons (Fsp3) is 0.0588. The number of benzene rings is 4. The molecule has 0 atom stereocenters. The predicted molar refractivity (Wildman–Crippen MR) is 206 cm³/mol. The molecule has 4 aliphatic rings. The molecule has 2 aliphatic carbocycles. The molecule has 1 radical (unpaired) electrons. The van der Waals surface area contributed by atoms with Crippen molar-refractivity contribution >= 4 is 85.6 Å². The Hall–Kier alpha value is -4.93. The Balaban J connectivity index is 0.000000220. The monoisotopic (exact) mass is 952 g/mol. The smallest absolute Gasteiger partial charge is 0.506 e. The number of phenols is 2. The average molecular weight is 953 g/mol. The van der Waals surface area contributed by atoms with E-state index < -0.39 is 74.6 Å². The van der Waals surface area contributed by atoms with Gasteiger partial charge in [0.2, 0.25) is 51.3 Å². The van der Waals surface area contributed by atoms with Gasteiger partial charge >= 0.3 is 29.6 Å². The number of hydrazone groups is 2. The van der Waals surface area contributed by atoms with Gasteiger partial charge in [0.1, 0.15) is 32.8 Å². The van der Waals surface area contributed by atoms with E-state index in [0.29, 0.717) is 11.1 Å². The van der Waals surface area contributed by atoms with Crippen LogP contribution in [-0.4, -0.2) is 78.8 Å². The average Bonchev–Trinajstić information content (AvgIpc) is 3.66. The molecule has 2 aliphatic heterocycles. The number of nitrogens with zero attached hydrogens (tertiary/aromatic N) is 2. The summed E-state index contributed by atoms with van der Waals surface area (Å²) in [5, 5.41) is 37.7. The standard InChI is InChI=1S/2C17H13N3O7S2.Co.Na/c2*18-29(25,26)9-5-6-13(21)12(7-9)19-20-14-15(22)10-3-1-2-4-11(10)16-17(14)28(23,24)8-27-16;;/h2*1-7,19,21H,8H2,(H2,18,25,26);;/q;;;+1/b2*20-14+;;. The number of ether oxygens (including phenoxy) is 2. The van der Waals surface area contributed by atoms with Crippen LogP contribution in [0.3, 0.4) is 0 Å². The first-order valence-corrected chi connectivity index (χ1v) is 22.5. The second kappa shape index (κ2) is 16.8. The fourth-order valence-electron chi connectivity index (χ4n) is 5.93. The van der Waals surface area contributed by atoms with Crippen molar-refractivity contribution in [3.63, 3.8) is 0 Å². The number of anilines is 2. The summed E-state index contributed by atoms with van der Waals surface area (Å²) in [6.07, 6.45) is 0. The third kappa shape index (κ3) is 8.64. The fourth-order valence-corrected chi connectivity index (χ4v) is 9.56. The van der Waals surface area contributed by atoms with Gasteiger partial charge in [0.25, 0.3) is 0 Å². The number of ketones is 2. The molecule has 0 spiro atoms. The van der Waals surface area contributed by atoms with E-state index in [1.54, 1.807) is 36.4 Å². The Bertz CT molecular complexity index is 2910. The molecule has 8 N–H and O–H groups in total. The summed E-state index contributed by atoms with van der Waals surface area (Å²) in [5.41, 5.74) is 4.54. The zero-order valence-electron chi connectivity index (χ0n) is 30.3. The second-order valence-electron chi connectivity index (χ2n) is 12.4. The van der Waals surface area contributed by atoms with Crippen LogP contribution in [0.1, 0.15) is 31.8 Å². The van der Waals surface area contributed by atoms with Gasteiger partial charge in [-0.2, -0.15) is 10.2 Å². The van der Waals surface area contributed by atoms with E-state index in [4.69, 9.17) is 19.8 Å². The van der Waals surface area contributed by atoms with Gasteiger partial charge < -0.3 is 19.7 Å². The molecule has 60 heavy (non-hydrogen) atoms. The van der Waals surface area contributed by atoms with Crippen LogP contribution in [0.15, 0.2) is 115 Å². The maximum Gasteiger partial charge on any atom is 1.00 e. The molecule has 0 bridgehead atoms. The van der Waals surface area contributed by atoms with Crippen molar-refractivity contribution in [3.05, 3.63) is 117 Å². The van der Waals surface area contributed by atoms with E-state index in [-0.39, 0.29) is 111 Å². The van der Waals surface area contributed by atoms with Crippen molar-refractivity contribution in [1.29, 1.82) is 0 Å². The Labute approximate surface area is 373 Å². The predicted octanol–water partition coefficient (Wildman–Crippen LogP) is -1.45. The van der Waals surface area contributed by atoms with Crippen molar-refractivity contribution in [2.75, 3.05) is 22.7 Å². The summed E-state index contributed by atoms with van der Waals surface area (Å²) >= 11 is 0. The van der Waals surface area contributed by atoms with Crippen molar-refractivity contribution in [2.24, 2.45) is 20.5 Å². The largest absolute Gasteiger partial charge is 1.00 e. The quantitative estimate of drug-likeness (QED) is 0.0732. The summed E-state index contributed by atoms with van der Waals surface area (Å²) < 4.78 is 106. The van der Waals surface area contributed by atoms with Gasteiger partial charge in [-0.3, -0.25) is 20.4 Å². The first-order chi connectivity index (χ1) is 27.2. The van der Waals surface area contributed by atoms with Gasteiger partial charge in [-0.05, 0) is 36.4 Å². The van der Waals surface area contributed by atoms with Gasteiger partial charge in [-0.15, -0.1) is 0 Å². The number of aromatic hydroxyl groups is 2. The van der Waals surface area contributed by atoms with Gasteiger partial charge in [0, 0.05) is 39.0 Å². The SMILES string of the molecule is NS(=O)(=O)c1ccc(O)c(N/N=C2\C(=O)c3ccccc3C3=C2S(=O)(=O)CO3)c1.NS(=O)(=O)c1ccc(O)c(N/N=C2\C(=O)c3ccccc3C3=C2S(=O)(=O)CO3)c1.[Co].[Na+]. The van der Waals surface area contributed by atoms with Crippen LogP contribution in [0, 0.1) is 0 Å². The van der Waals surface area contributed by atoms with Crippen LogP contribution in [0.2, 0.25) is 0 Å². The first-order valence-electron chi connectivity index (χ1n) is 16.1. The zero-order valence-corrected chi connectivity index (χ0v) is 36.6. The molecule has 20 nitrogen and oxygen atoms in total. The van der Waals surface area contributed by atoms with Crippen LogP contribution < -0.4 is 50.7 Å². The molecule has 26 heteroatoms. The maximum atomic E-state index is 12.9. The van der Waals surface area contributed by atoms with Crippen LogP contribution in [0.25, 0.3) is 11.5 Å². The second-order valence-corrected chi connectivity index (χ2v) is 19.3. The zero-order chi connectivity index (χ0) is 41.9. The minimum Gasteiger partial charge on any atom is -0.506 e. The summed E-state index contributed by atoms with van der Waals surface area (Å²) in [6.45, 7) is 0. The number of sulfonamides is 2. The van der Waals surface area contributed by atoms with E-state index in [0.717, 1.165) is 36.4 Å². The molecule has 0 amide bonds. The van der Waals surface area contributed by atoms with E-state index in [1.165, 1.54) is 12.1 Å². The molecule has 0 fully saturated rings. The van der Waals surface area contributed by atoms with Gasteiger partial charge in [-0.25, -0.2) is 43.9 Å². The number of primary sulfonamides is 2. The summed E-state index contributed by atoms with van der Waals surface area (Å²) in [6, 6.07) is 19.0. The topological polar surface area (TPSA) is 330 Å². The summed E-state index contributed by atoms with van der Waals surface area (Å²) in [4.78, 5) is 24.4. The first kappa shape index (κ1) is 46.1. The number of allylic oxidation sites excluding steroid dienone is 2. The number of hydrogen-bond donors (Lipinski definition) is 6. The molecule has 4 aromatic rings. The number of phenolic OH excluding ortho intramolecular Hbond substituents is 2. The van der Waals surface area contributed by atoms with Crippen LogP contribution in [0.4, 0.5) is 11.4 Å². The number of nitrogens with two attached hydrogens (primary N) is 2. The number of nitrogens with one attached hydrogen (secondary N) is 2. The normalized spacial score (nSPS) is 18.3. The number of rotatable bonds is 6. The van der Waals surface area contributed by atoms with E-state index >= 15 is 0 Å². The Morgan fingerprint density at radius 1 is 0.583 bits per heavy atom. The van der Waals surface area contributed by atoms with Gasteiger partial charge in [0.05, 0.1) is 21.2 Å². The van der Waals surface area contributed by atoms with Crippen molar-refractivity contribution < 1.29 is 109 Å². The Kier molecular flexibility index (Phi) is 13.0. The van der Waals surface area contributed by atoms with E-state index in [2.05, 4.69) is 21.1 Å². The molecule has 4 aromatic carbocycles. The molecule has 2 heterocycles. The number of Topliss-reactive ketones (excluding diaryl/α,β-unsaturated/α-hetero) is 2. The van der Waals surface area contributed by atoms with Gasteiger partial charge in [0.15, 0.2) is 23.3 Å². The van der Waals surface area contributed by atoms with E-state index in [9.17, 15) is 53.5 Å². The maximum absolute atomic E-state index is 12.9. The molecule has 0 saturated heterocycles. The van der Waals surface area contributed by atoms with Crippen LogP contribution in [0.5, 0.6) is 11.5 Å². The summed E-state index contributed by atoms with van der Waals surface area (Å²) in [7, 11) is -16.0. The minimum atomic E-state index is -4.06. The molecule has 0 unspecified atom stereocenters. The number of hydrogen-bond acceptors (Lipinski definition) is 18. The molecular formula is C34H26CoN6NaO14S4+. The Morgan fingerprint density at radius 2 is 0.917 bits per heavy atom. The minimum absolute atomic E-state index is 0.